The quantitative estimate of drug-likeness (QED) is 0.0550. The first-order chi connectivity index (χ1) is 35.8. The molecule has 0 spiro atoms. The number of fused-ring (bicyclic) bond motifs is 2. The molecule has 10 aromatic rings. The van der Waals surface area contributed by atoms with Crippen molar-refractivity contribution in [3.05, 3.63) is 182 Å². The van der Waals surface area contributed by atoms with Crippen LogP contribution in [0.5, 0.6) is 11.5 Å². The zero-order valence-electron chi connectivity index (χ0n) is 39.9. The van der Waals surface area contributed by atoms with E-state index in [1.807, 2.05) is 160 Å². The third-order valence-corrected chi connectivity index (χ3v) is 13.3. The van der Waals surface area contributed by atoms with E-state index in [1.54, 1.807) is 24.5 Å². The molecule has 0 unspecified atom stereocenters. The summed E-state index contributed by atoms with van der Waals surface area (Å²) in [4.78, 5) is 58.1. The minimum atomic E-state index is -0.326. The van der Waals surface area contributed by atoms with Crippen LogP contribution in [0.1, 0.15) is 21.0 Å². The number of nitrogens with one attached hydrogen (secondary N) is 3. The first-order valence-electron chi connectivity index (χ1n) is 23.3. The largest absolute Gasteiger partial charge is 0.493 e. The number of likely N-dealkylation sites (N-methyl/N-ethyl adjacent to an activating group) is 1. The van der Waals surface area contributed by atoms with Gasteiger partial charge in [-0.05, 0) is 62.6 Å². The van der Waals surface area contributed by atoms with Crippen LogP contribution in [0, 0.1) is 0 Å². The molecule has 3 N–H and O–H groups in total. The van der Waals surface area contributed by atoms with E-state index >= 15 is 0 Å². The number of para-hydroxylation sites is 2. The molecule has 0 aliphatic rings. The van der Waals surface area contributed by atoms with Gasteiger partial charge in [0.15, 0.2) is 0 Å². The normalized spacial score (nSPS) is 11.0. The van der Waals surface area contributed by atoms with Gasteiger partial charge in [0.25, 0.3) is 11.8 Å². The van der Waals surface area contributed by atoms with Crippen LogP contribution in [-0.2, 0) is 0 Å². The summed E-state index contributed by atoms with van der Waals surface area (Å²) >= 11 is 6.35. The van der Waals surface area contributed by atoms with E-state index in [0.717, 1.165) is 66.1 Å². The van der Waals surface area contributed by atoms with E-state index in [-0.39, 0.29) is 23.2 Å². The van der Waals surface area contributed by atoms with Gasteiger partial charge in [-0.25, -0.2) is 29.9 Å². The van der Waals surface area contributed by atoms with Crippen molar-refractivity contribution in [1.29, 1.82) is 0 Å². The lowest BCUT2D eigenvalue weighted by Crippen LogP contribution is -2.29. The average Bonchev–Trinajstić information content (AvgIpc) is 4.07. The van der Waals surface area contributed by atoms with Gasteiger partial charge in [-0.3, -0.25) is 9.59 Å². The van der Waals surface area contributed by atoms with Gasteiger partial charge in [0.05, 0.1) is 29.4 Å². The molecule has 17 heteroatoms. The molecule has 6 heterocycles. The van der Waals surface area contributed by atoms with E-state index in [2.05, 4.69) is 61.7 Å². The van der Waals surface area contributed by atoms with E-state index in [0.29, 0.717) is 59.4 Å². The molecule has 0 aliphatic carbocycles. The Kier molecular flexibility index (Phi) is 16.9. The molecular weight excluding hydrogens is 1020 g/mol. The standard InChI is InChI=1S/C30H30N6O2S.C26H19BrN4O2S/c1-36(2)17-15-31-16-18-38-22-19-26(21-9-4-3-5-10-21)33-27(20-22)28(37)34-24-12-7-6-11-23(24)29-35-25-13-8-14-32-30(25)39-29;27-12-14-33-18-15-22(17-7-2-1-3-8-17)29-23(16-18)24(32)30-20-10-5-4-9-19(20)25-31-21-11-6-13-28-26(21)34-25/h3-14,19-20,31H,15-18H2,1-2H3,(H,34,37);1-11,13,15-16H,12,14H2,(H,30,32). The Balaban J connectivity index is 0.000000181. The molecular formula is C56H49BrN10O4S2. The molecule has 0 aliphatic heterocycles. The van der Waals surface area contributed by atoms with Crippen molar-refractivity contribution in [3.8, 4) is 55.2 Å². The maximum Gasteiger partial charge on any atom is 0.274 e. The van der Waals surface area contributed by atoms with Crippen LogP contribution in [-0.4, -0.2) is 98.9 Å². The SMILES string of the molecule is CN(C)CCNCCOc1cc(C(=O)Nc2ccccc2-c2nc3cccnc3s2)nc(-c2ccccc2)c1.O=C(Nc1ccccc1-c1nc2cccnc2s1)c1cc(OCCBr)cc(-c2ccccc2)n1. The van der Waals surface area contributed by atoms with Gasteiger partial charge < -0.3 is 30.3 Å². The highest BCUT2D eigenvalue weighted by atomic mass is 79.9. The second-order valence-corrected chi connectivity index (χ2v) is 19.3. The second-order valence-electron chi connectivity index (χ2n) is 16.5. The number of hydrogen-bond acceptors (Lipinski definition) is 14. The van der Waals surface area contributed by atoms with E-state index in [1.165, 1.54) is 22.7 Å². The Labute approximate surface area is 438 Å². The monoisotopic (exact) mass is 1070 g/mol. The number of ether oxygens (including phenoxy) is 2. The van der Waals surface area contributed by atoms with Gasteiger partial charge in [0.1, 0.15) is 60.2 Å². The maximum atomic E-state index is 13.5. The minimum absolute atomic E-state index is 0.270. The molecule has 366 valence electrons. The summed E-state index contributed by atoms with van der Waals surface area (Å²) in [6, 6.07) is 49.4. The minimum Gasteiger partial charge on any atom is -0.493 e. The highest BCUT2D eigenvalue weighted by Gasteiger charge is 2.19. The molecule has 73 heavy (non-hydrogen) atoms. The molecule has 0 atom stereocenters. The van der Waals surface area contributed by atoms with Crippen molar-refractivity contribution in [2.45, 2.75) is 0 Å². The summed E-state index contributed by atoms with van der Waals surface area (Å²) in [6.07, 6.45) is 3.50. The van der Waals surface area contributed by atoms with Crippen LogP contribution in [0.2, 0.25) is 0 Å². The number of anilines is 2. The molecule has 0 fully saturated rings. The Morgan fingerprint density at radius 1 is 0.548 bits per heavy atom. The number of carbonyl (C=O) groups is 2. The Morgan fingerprint density at radius 2 is 1.01 bits per heavy atom. The molecule has 4 aromatic carbocycles. The van der Waals surface area contributed by atoms with E-state index in [4.69, 9.17) is 14.5 Å². The van der Waals surface area contributed by atoms with Gasteiger partial charge in [0.2, 0.25) is 0 Å². The van der Waals surface area contributed by atoms with Gasteiger partial charge in [-0.1, -0.05) is 124 Å². The molecule has 6 aromatic heterocycles. The van der Waals surface area contributed by atoms with Crippen LogP contribution >= 0.6 is 38.6 Å². The zero-order valence-corrected chi connectivity index (χ0v) is 43.1. The second kappa shape index (κ2) is 24.6. The number of hydrogen-bond donors (Lipinski definition) is 3. The van der Waals surface area contributed by atoms with Gasteiger partial charge in [-0.2, -0.15) is 0 Å². The number of carbonyl (C=O) groups excluding carboxylic acids is 2. The van der Waals surface area contributed by atoms with Crippen LogP contribution in [0.25, 0.3) is 64.4 Å². The molecule has 0 radical (unpaired) electrons. The van der Waals surface area contributed by atoms with Gasteiger partial charge >= 0.3 is 0 Å². The third kappa shape index (κ3) is 13.2. The summed E-state index contributed by atoms with van der Waals surface area (Å²) in [5.74, 6) is 0.527. The third-order valence-electron chi connectivity index (χ3n) is 11.0. The van der Waals surface area contributed by atoms with E-state index in [9.17, 15) is 9.59 Å². The summed E-state index contributed by atoms with van der Waals surface area (Å²) < 4.78 is 11.8. The number of nitrogens with zero attached hydrogens (tertiary/aromatic N) is 7. The fraction of sp³-hybridized carbons (Fsp3) is 0.143. The fourth-order valence-electron chi connectivity index (χ4n) is 7.45. The number of pyridine rings is 4. The predicted octanol–water partition coefficient (Wildman–Crippen LogP) is 11.6. The van der Waals surface area contributed by atoms with Gasteiger partial charge in [0, 0.05) is 83.9 Å². The first kappa shape index (κ1) is 50.2. The first-order valence-corrected chi connectivity index (χ1v) is 26.1. The number of halogens is 1. The summed E-state index contributed by atoms with van der Waals surface area (Å²) in [5.41, 5.74) is 8.31. The van der Waals surface area contributed by atoms with Crippen LogP contribution in [0.15, 0.2) is 170 Å². The van der Waals surface area contributed by atoms with Crippen LogP contribution in [0.3, 0.4) is 0 Å². The molecule has 10 rings (SSSR count). The zero-order chi connectivity index (χ0) is 50.4. The van der Waals surface area contributed by atoms with Crippen molar-refractivity contribution < 1.29 is 19.1 Å². The summed E-state index contributed by atoms with van der Waals surface area (Å²) in [5, 5.41) is 11.7. The number of amides is 2. The van der Waals surface area contributed by atoms with Crippen molar-refractivity contribution >= 4 is 82.5 Å². The Bertz CT molecular complexity index is 3400. The maximum absolute atomic E-state index is 13.5. The number of aromatic nitrogens is 6. The molecule has 14 nitrogen and oxygen atoms in total. The molecule has 0 saturated heterocycles. The van der Waals surface area contributed by atoms with Gasteiger partial charge in [-0.15, -0.1) is 0 Å². The highest BCUT2D eigenvalue weighted by molar-refractivity contribution is 9.09. The fourth-order valence-corrected chi connectivity index (χ4v) is 9.50. The summed E-state index contributed by atoms with van der Waals surface area (Å²) in [6.45, 7) is 3.48. The Morgan fingerprint density at radius 3 is 1.48 bits per heavy atom. The number of alkyl halides is 1. The average molecular weight is 1070 g/mol. The van der Waals surface area contributed by atoms with Crippen LogP contribution < -0.4 is 25.4 Å². The van der Waals surface area contributed by atoms with Crippen LogP contribution in [0.4, 0.5) is 11.4 Å². The van der Waals surface area contributed by atoms with Crippen molar-refractivity contribution in [3.63, 3.8) is 0 Å². The molecule has 0 bridgehead atoms. The molecule has 2 amide bonds. The topological polar surface area (TPSA) is 169 Å². The van der Waals surface area contributed by atoms with Crippen molar-refractivity contribution in [2.75, 3.05) is 62.9 Å². The Hall–Kier alpha value is -7.80. The lowest BCUT2D eigenvalue weighted by molar-refractivity contribution is 0.101. The summed E-state index contributed by atoms with van der Waals surface area (Å²) in [7, 11) is 4.09. The molecule has 0 saturated carbocycles. The van der Waals surface area contributed by atoms with Crippen molar-refractivity contribution in [2.24, 2.45) is 0 Å². The smallest absolute Gasteiger partial charge is 0.274 e. The lowest BCUT2D eigenvalue weighted by atomic mass is 10.1. The predicted molar refractivity (Wildman–Crippen MR) is 297 cm³/mol. The van der Waals surface area contributed by atoms with E-state index < -0.39 is 0 Å². The number of benzene rings is 4. The van der Waals surface area contributed by atoms with Crippen molar-refractivity contribution in [1.82, 2.24) is 40.1 Å². The number of rotatable bonds is 18. The number of thiazole rings is 2. The highest BCUT2D eigenvalue weighted by Crippen LogP contribution is 2.36. The lowest BCUT2D eigenvalue weighted by Gasteiger charge is -2.13.